The van der Waals surface area contributed by atoms with E-state index in [1.807, 2.05) is 6.92 Å². The van der Waals surface area contributed by atoms with Crippen LogP contribution < -0.4 is 11.1 Å². The van der Waals surface area contributed by atoms with E-state index < -0.39 is 15.4 Å². The fourth-order valence-electron chi connectivity index (χ4n) is 1.78. The predicted octanol–water partition coefficient (Wildman–Crippen LogP) is 0.0479. The van der Waals surface area contributed by atoms with Gasteiger partial charge in [0.1, 0.15) is 0 Å². The molecule has 0 aliphatic carbocycles. The lowest BCUT2D eigenvalue weighted by atomic mass is 10.0. The van der Waals surface area contributed by atoms with Crippen molar-refractivity contribution in [1.82, 2.24) is 9.97 Å². The molecule has 16 heavy (non-hydrogen) atoms. The highest BCUT2D eigenvalue weighted by Crippen LogP contribution is 2.25. The maximum absolute atomic E-state index is 11.4. The highest BCUT2D eigenvalue weighted by Gasteiger charge is 2.38. The van der Waals surface area contributed by atoms with Gasteiger partial charge in [0.2, 0.25) is 5.95 Å². The molecule has 0 radical (unpaired) electrons. The third kappa shape index (κ3) is 2.41. The summed E-state index contributed by atoms with van der Waals surface area (Å²) < 4.78 is 22.8. The summed E-state index contributed by atoms with van der Waals surface area (Å²) >= 11 is 0. The molecule has 1 aromatic rings. The van der Waals surface area contributed by atoms with Gasteiger partial charge in [-0.05, 0) is 13.3 Å². The molecule has 2 rings (SSSR count). The summed E-state index contributed by atoms with van der Waals surface area (Å²) in [6.45, 7) is 1.86. The Kier molecular flexibility index (Phi) is 2.49. The van der Waals surface area contributed by atoms with Crippen molar-refractivity contribution >= 4 is 21.5 Å². The van der Waals surface area contributed by atoms with Crippen LogP contribution in [0.1, 0.15) is 13.3 Å². The third-order valence-electron chi connectivity index (χ3n) is 2.59. The number of nitrogens with zero attached hydrogens (tertiary/aromatic N) is 2. The van der Waals surface area contributed by atoms with Crippen molar-refractivity contribution in [2.75, 3.05) is 22.6 Å². The van der Waals surface area contributed by atoms with Crippen LogP contribution in [0.4, 0.5) is 11.6 Å². The molecule has 1 atom stereocenters. The van der Waals surface area contributed by atoms with E-state index in [4.69, 9.17) is 5.73 Å². The molecular weight excluding hydrogens is 228 g/mol. The van der Waals surface area contributed by atoms with Gasteiger partial charge in [0.05, 0.1) is 35.1 Å². The smallest absolute Gasteiger partial charge is 0.223 e. The monoisotopic (exact) mass is 242 g/mol. The van der Waals surface area contributed by atoms with Crippen LogP contribution in [0.15, 0.2) is 12.4 Å². The Labute approximate surface area is 94.2 Å². The Bertz CT molecular complexity index is 485. The van der Waals surface area contributed by atoms with Gasteiger partial charge in [-0.1, -0.05) is 0 Å². The quantitative estimate of drug-likeness (QED) is 0.760. The third-order valence-corrected chi connectivity index (χ3v) is 4.49. The molecule has 0 saturated carbocycles. The molecule has 88 valence electrons. The second-order valence-electron chi connectivity index (χ2n) is 4.37. The van der Waals surface area contributed by atoms with Crippen molar-refractivity contribution in [2.45, 2.75) is 18.9 Å². The highest BCUT2D eigenvalue weighted by molar-refractivity contribution is 7.91. The number of nitrogens with two attached hydrogens (primary N) is 1. The van der Waals surface area contributed by atoms with Gasteiger partial charge in [0.15, 0.2) is 9.84 Å². The summed E-state index contributed by atoms with van der Waals surface area (Å²) in [5.74, 6) is 0.743. The summed E-state index contributed by atoms with van der Waals surface area (Å²) in [6.07, 6.45) is 3.55. The van der Waals surface area contributed by atoms with Gasteiger partial charge in [-0.25, -0.2) is 18.4 Å². The van der Waals surface area contributed by atoms with E-state index in [2.05, 4.69) is 15.3 Å². The molecule has 1 fully saturated rings. The van der Waals surface area contributed by atoms with E-state index in [0.717, 1.165) is 0 Å². The second kappa shape index (κ2) is 3.58. The zero-order valence-corrected chi connectivity index (χ0v) is 9.79. The maximum atomic E-state index is 11.4. The average Bonchev–Trinajstić information content (AvgIpc) is 2.45. The van der Waals surface area contributed by atoms with E-state index >= 15 is 0 Å². The van der Waals surface area contributed by atoms with Gasteiger partial charge in [0, 0.05) is 0 Å². The normalized spacial score (nSPS) is 27.8. The molecule has 0 aromatic carbocycles. The van der Waals surface area contributed by atoms with E-state index in [1.165, 1.54) is 12.4 Å². The fraction of sp³-hybridized carbons (Fsp3) is 0.556. The first-order chi connectivity index (χ1) is 7.39. The number of hydrogen-bond acceptors (Lipinski definition) is 6. The largest absolute Gasteiger partial charge is 0.396 e. The second-order valence-corrected chi connectivity index (χ2v) is 6.55. The van der Waals surface area contributed by atoms with Crippen LogP contribution in [0.3, 0.4) is 0 Å². The molecule has 6 nitrogen and oxygen atoms in total. The Balaban J connectivity index is 2.13. The number of anilines is 2. The molecule has 1 aromatic heterocycles. The minimum absolute atomic E-state index is 0.119. The van der Waals surface area contributed by atoms with E-state index in [9.17, 15) is 8.42 Å². The van der Waals surface area contributed by atoms with Gasteiger partial charge < -0.3 is 11.1 Å². The molecule has 1 aliphatic heterocycles. The topological polar surface area (TPSA) is 98.0 Å². The zero-order valence-electron chi connectivity index (χ0n) is 8.97. The SMILES string of the molecule is CC1(Nc2ncc(N)cn2)CCS(=O)(=O)C1. The van der Waals surface area contributed by atoms with Gasteiger partial charge in [0.25, 0.3) is 0 Å². The van der Waals surface area contributed by atoms with Gasteiger partial charge in [-0.2, -0.15) is 0 Å². The maximum Gasteiger partial charge on any atom is 0.223 e. The fourth-order valence-corrected chi connectivity index (χ4v) is 3.87. The first-order valence-corrected chi connectivity index (χ1v) is 6.77. The van der Waals surface area contributed by atoms with E-state index in [1.54, 1.807) is 0 Å². The van der Waals surface area contributed by atoms with Crippen molar-refractivity contribution < 1.29 is 8.42 Å². The molecule has 1 unspecified atom stereocenters. The lowest BCUT2D eigenvalue weighted by molar-refractivity contribution is 0.569. The predicted molar refractivity (Wildman–Crippen MR) is 61.7 cm³/mol. The molecule has 1 aliphatic rings. The standard InChI is InChI=1S/C9H14N4O2S/c1-9(2-3-16(14,15)6-9)13-8-11-4-7(10)5-12-8/h4-5H,2-3,6,10H2,1H3,(H,11,12,13). The van der Waals surface area contributed by atoms with Crippen LogP contribution >= 0.6 is 0 Å². The van der Waals surface area contributed by atoms with Crippen molar-refractivity contribution in [1.29, 1.82) is 0 Å². The molecule has 1 saturated heterocycles. The van der Waals surface area contributed by atoms with E-state index in [0.29, 0.717) is 18.1 Å². The molecule has 0 amide bonds. The lowest BCUT2D eigenvalue weighted by Crippen LogP contribution is -2.36. The Morgan fingerprint density at radius 1 is 1.44 bits per heavy atom. The molecule has 0 spiro atoms. The summed E-state index contributed by atoms with van der Waals surface area (Å²) in [7, 11) is -2.92. The molecule has 0 bridgehead atoms. The summed E-state index contributed by atoms with van der Waals surface area (Å²) in [4.78, 5) is 7.99. The van der Waals surface area contributed by atoms with Crippen LogP contribution in [0.25, 0.3) is 0 Å². The Hall–Kier alpha value is -1.37. The first-order valence-electron chi connectivity index (χ1n) is 4.95. The minimum atomic E-state index is -2.92. The van der Waals surface area contributed by atoms with Gasteiger partial charge >= 0.3 is 0 Å². The van der Waals surface area contributed by atoms with Crippen LogP contribution in [0, 0.1) is 0 Å². The molecule has 2 heterocycles. The number of aromatic nitrogens is 2. The Morgan fingerprint density at radius 3 is 2.56 bits per heavy atom. The average molecular weight is 242 g/mol. The summed E-state index contributed by atoms with van der Waals surface area (Å²) in [5, 5.41) is 3.04. The highest BCUT2D eigenvalue weighted by atomic mass is 32.2. The number of hydrogen-bond donors (Lipinski definition) is 2. The first kappa shape index (κ1) is 11.1. The van der Waals surface area contributed by atoms with Gasteiger partial charge in [-0.15, -0.1) is 0 Å². The Morgan fingerprint density at radius 2 is 2.06 bits per heavy atom. The number of nitrogens with one attached hydrogen (secondary N) is 1. The van der Waals surface area contributed by atoms with Crippen LogP contribution in [-0.2, 0) is 9.84 Å². The minimum Gasteiger partial charge on any atom is -0.396 e. The van der Waals surface area contributed by atoms with Crippen LogP contribution in [-0.4, -0.2) is 35.4 Å². The summed E-state index contributed by atoms with van der Waals surface area (Å²) in [6, 6.07) is 0. The van der Waals surface area contributed by atoms with Crippen LogP contribution in [0.5, 0.6) is 0 Å². The summed E-state index contributed by atoms with van der Waals surface area (Å²) in [5.41, 5.74) is 5.47. The molecule has 3 N–H and O–H groups in total. The molecular formula is C9H14N4O2S. The van der Waals surface area contributed by atoms with Crippen molar-refractivity contribution in [3.8, 4) is 0 Å². The van der Waals surface area contributed by atoms with Crippen molar-refractivity contribution in [3.05, 3.63) is 12.4 Å². The number of rotatable bonds is 2. The van der Waals surface area contributed by atoms with E-state index in [-0.39, 0.29) is 11.5 Å². The zero-order chi connectivity index (χ0) is 11.8. The number of nitrogen functional groups attached to an aromatic ring is 1. The lowest BCUT2D eigenvalue weighted by Gasteiger charge is -2.23. The van der Waals surface area contributed by atoms with Crippen LogP contribution in [0.2, 0.25) is 0 Å². The van der Waals surface area contributed by atoms with Crippen molar-refractivity contribution in [3.63, 3.8) is 0 Å². The van der Waals surface area contributed by atoms with Crippen molar-refractivity contribution in [2.24, 2.45) is 0 Å². The van der Waals surface area contributed by atoms with Gasteiger partial charge in [-0.3, -0.25) is 0 Å². The molecule has 7 heteroatoms. The number of sulfone groups is 1.